The summed E-state index contributed by atoms with van der Waals surface area (Å²) in [5.74, 6) is 0.984. The van der Waals surface area contributed by atoms with Crippen LogP contribution in [0.15, 0.2) is 47.2 Å². The van der Waals surface area contributed by atoms with Crippen LogP contribution in [0.1, 0.15) is 11.4 Å². The number of anilines is 1. The molecule has 2 heterocycles. The molecule has 100 valence electrons. The van der Waals surface area contributed by atoms with Crippen LogP contribution in [0.25, 0.3) is 11.5 Å². The normalized spacial score (nSPS) is 10.7. The van der Waals surface area contributed by atoms with Crippen molar-refractivity contribution < 1.29 is 4.52 Å². The minimum absolute atomic E-state index is 0.388. The molecular weight excluding hydrogens is 276 g/mol. The Morgan fingerprint density at radius 2 is 1.95 bits per heavy atom. The van der Waals surface area contributed by atoms with E-state index in [2.05, 4.69) is 15.1 Å². The second-order valence-corrected chi connectivity index (χ2v) is 4.69. The van der Waals surface area contributed by atoms with Crippen molar-refractivity contribution >= 4 is 17.3 Å². The molecule has 5 nitrogen and oxygen atoms in total. The van der Waals surface area contributed by atoms with E-state index in [1.165, 1.54) is 0 Å². The highest BCUT2D eigenvalue weighted by atomic mass is 35.5. The Balaban J connectivity index is 1.87. The monoisotopic (exact) mass is 286 g/mol. The molecule has 0 aliphatic heterocycles. The van der Waals surface area contributed by atoms with Crippen molar-refractivity contribution in [3.05, 3.63) is 59.1 Å². The van der Waals surface area contributed by atoms with Gasteiger partial charge in [0.2, 0.25) is 0 Å². The number of halogens is 1. The Bertz CT molecular complexity index is 727. The maximum atomic E-state index is 6.12. The molecule has 0 saturated heterocycles. The Labute approximate surface area is 120 Å². The van der Waals surface area contributed by atoms with Crippen LogP contribution >= 0.6 is 11.6 Å². The number of benzene rings is 1. The fourth-order valence-corrected chi connectivity index (χ4v) is 2.09. The number of pyridine rings is 1. The second-order valence-electron chi connectivity index (χ2n) is 4.29. The lowest BCUT2D eigenvalue weighted by atomic mass is 10.2. The number of rotatable bonds is 3. The number of nitrogens with two attached hydrogens (primary N) is 1. The van der Waals surface area contributed by atoms with Crippen LogP contribution in [0.2, 0.25) is 5.02 Å². The van der Waals surface area contributed by atoms with E-state index in [9.17, 15) is 0 Å². The first-order valence-corrected chi connectivity index (χ1v) is 6.37. The van der Waals surface area contributed by atoms with Crippen molar-refractivity contribution in [1.29, 1.82) is 0 Å². The van der Waals surface area contributed by atoms with Crippen LogP contribution in [0, 0.1) is 0 Å². The maximum absolute atomic E-state index is 6.12. The average molecular weight is 287 g/mol. The van der Waals surface area contributed by atoms with Gasteiger partial charge in [-0.3, -0.25) is 4.98 Å². The van der Waals surface area contributed by atoms with Gasteiger partial charge < -0.3 is 10.3 Å². The molecule has 0 fully saturated rings. The largest absolute Gasteiger partial charge is 0.399 e. The number of nitrogens with zero attached hydrogens (tertiary/aromatic N) is 3. The molecule has 1 aromatic carbocycles. The first kappa shape index (κ1) is 12.6. The van der Waals surface area contributed by atoms with Gasteiger partial charge in [-0.1, -0.05) is 16.8 Å². The van der Waals surface area contributed by atoms with Crippen molar-refractivity contribution in [2.75, 3.05) is 5.73 Å². The molecule has 0 unspecified atom stereocenters. The molecule has 3 aromatic rings. The molecule has 2 N–H and O–H groups in total. The van der Waals surface area contributed by atoms with E-state index in [1.807, 2.05) is 12.1 Å². The van der Waals surface area contributed by atoms with Crippen molar-refractivity contribution in [3.63, 3.8) is 0 Å². The minimum Gasteiger partial charge on any atom is -0.399 e. The van der Waals surface area contributed by atoms with Gasteiger partial charge in [0, 0.05) is 24.5 Å². The van der Waals surface area contributed by atoms with E-state index in [4.69, 9.17) is 21.9 Å². The lowest BCUT2D eigenvalue weighted by Gasteiger charge is -1.99. The molecule has 0 saturated carbocycles. The van der Waals surface area contributed by atoms with Gasteiger partial charge in [-0.05, 0) is 35.9 Å². The zero-order chi connectivity index (χ0) is 13.9. The summed E-state index contributed by atoms with van der Waals surface area (Å²) in [4.78, 5) is 8.31. The first-order valence-electron chi connectivity index (χ1n) is 5.99. The van der Waals surface area contributed by atoms with Gasteiger partial charge in [0.15, 0.2) is 5.82 Å². The molecule has 0 atom stereocenters. The molecule has 0 amide bonds. The standard InChI is InChI=1S/C14H11ClN4O/c15-12-8-10(16)1-2-11(12)14-18-13(19-20-14)7-9-3-5-17-6-4-9/h1-6,8H,7,16H2. The quantitative estimate of drug-likeness (QED) is 0.749. The summed E-state index contributed by atoms with van der Waals surface area (Å²) in [5.41, 5.74) is 7.99. The van der Waals surface area contributed by atoms with Crippen molar-refractivity contribution in [2.24, 2.45) is 0 Å². The van der Waals surface area contributed by atoms with Crippen molar-refractivity contribution in [2.45, 2.75) is 6.42 Å². The predicted octanol–water partition coefficient (Wildman–Crippen LogP) is 2.96. The summed E-state index contributed by atoms with van der Waals surface area (Å²) < 4.78 is 5.24. The van der Waals surface area contributed by atoms with Gasteiger partial charge in [-0.25, -0.2) is 0 Å². The Morgan fingerprint density at radius 1 is 1.15 bits per heavy atom. The smallest absolute Gasteiger partial charge is 0.259 e. The van der Waals surface area contributed by atoms with E-state index in [0.29, 0.717) is 34.4 Å². The molecular formula is C14H11ClN4O. The maximum Gasteiger partial charge on any atom is 0.259 e. The first-order chi connectivity index (χ1) is 9.72. The van der Waals surface area contributed by atoms with Gasteiger partial charge in [-0.15, -0.1) is 0 Å². The summed E-state index contributed by atoms with van der Waals surface area (Å²) in [6.07, 6.45) is 4.04. The van der Waals surface area contributed by atoms with Crippen LogP contribution in [0.3, 0.4) is 0 Å². The van der Waals surface area contributed by atoms with E-state index >= 15 is 0 Å². The molecule has 2 aromatic heterocycles. The summed E-state index contributed by atoms with van der Waals surface area (Å²) >= 11 is 6.12. The fourth-order valence-electron chi connectivity index (χ4n) is 1.82. The predicted molar refractivity (Wildman–Crippen MR) is 76.2 cm³/mol. The molecule has 0 aliphatic rings. The highest BCUT2D eigenvalue weighted by Gasteiger charge is 2.12. The topological polar surface area (TPSA) is 77.8 Å². The summed E-state index contributed by atoms with van der Waals surface area (Å²) in [7, 11) is 0. The fraction of sp³-hybridized carbons (Fsp3) is 0.0714. The van der Waals surface area contributed by atoms with Gasteiger partial charge in [0.25, 0.3) is 5.89 Å². The molecule has 0 aliphatic carbocycles. The molecule has 0 spiro atoms. The van der Waals surface area contributed by atoms with E-state index in [0.717, 1.165) is 5.56 Å². The van der Waals surface area contributed by atoms with Crippen LogP contribution in [-0.4, -0.2) is 15.1 Å². The van der Waals surface area contributed by atoms with Gasteiger partial charge >= 0.3 is 0 Å². The second kappa shape index (κ2) is 5.30. The lowest BCUT2D eigenvalue weighted by Crippen LogP contribution is -1.91. The van der Waals surface area contributed by atoms with Gasteiger partial charge in [0.05, 0.1) is 10.6 Å². The SMILES string of the molecule is Nc1ccc(-c2nc(Cc3ccncc3)no2)c(Cl)c1. The Hall–Kier alpha value is -2.40. The number of nitrogen functional groups attached to an aromatic ring is 1. The molecule has 0 bridgehead atoms. The van der Waals surface area contributed by atoms with E-state index in [1.54, 1.807) is 30.6 Å². The van der Waals surface area contributed by atoms with Crippen molar-refractivity contribution in [1.82, 2.24) is 15.1 Å². The van der Waals surface area contributed by atoms with Crippen LogP contribution < -0.4 is 5.73 Å². The van der Waals surface area contributed by atoms with Gasteiger partial charge in [-0.2, -0.15) is 4.98 Å². The molecule has 20 heavy (non-hydrogen) atoms. The van der Waals surface area contributed by atoms with E-state index in [-0.39, 0.29) is 0 Å². The lowest BCUT2D eigenvalue weighted by molar-refractivity contribution is 0.424. The molecule has 3 rings (SSSR count). The highest BCUT2D eigenvalue weighted by molar-refractivity contribution is 6.33. The highest BCUT2D eigenvalue weighted by Crippen LogP contribution is 2.28. The van der Waals surface area contributed by atoms with Crippen LogP contribution in [0.4, 0.5) is 5.69 Å². The average Bonchev–Trinajstić information content (AvgIpc) is 2.88. The van der Waals surface area contributed by atoms with Crippen molar-refractivity contribution in [3.8, 4) is 11.5 Å². The Morgan fingerprint density at radius 3 is 2.70 bits per heavy atom. The third kappa shape index (κ3) is 2.62. The third-order valence-corrected chi connectivity index (χ3v) is 3.12. The molecule has 6 heteroatoms. The summed E-state index contributed by atoms with van der Waals surface area (Å²) in [6, 6.07) is 8.98. The number of hydrogen-bond donors (Lipinski definition) is 1. The summed E-state index contributed by atoms with van der Waals surface area (Å²) in [5, 5.41) is 4.44. The summed E-state index contributed by atoms with van der Waals surface area (Å²) in [6.45, 7) is 0. The van der Waals surface area contributed by atoms with E-state index < -0.39 is 0 Å². The third-order valence-electron chi connectivity index (χ3n) is 2.80. The minimum atomic E-state index is 0.388. The Kier molecular flexibility index (Phi) is 3.35. The van der Waals surface area contributed by atoms with Crippen LogP contribution in [0.5, 0.6) is 0 Å². The van der Waals surface area contributed by atoms with Gasteiger partial charge in [0.1, 0.15) is 0 Å². The van der Waals surface area contributed by atoms with Crippen LogP contribution in [-0.2, 0) is 6.42 Å². The zero-order valence-electron chi connectivity index (χ0n) is 10.5. The number of hydrogen-bond acceptors (Lipinski definition) is 5. The zero-order valence-corrected chi connectivity index (χ0v) is 11.2. The molecule has 0 radical (unpaired) electrons. The number of aromatic nitrogens is 3.